The highest BCUT2D eigenvalue weighted by Gasteiger charge is 2.37. The maximum Gasteiger partial charge on any atom is 0.107 e. The Morgan fingerprint density at radius 2 is 1.53 bits per heavy atom. The molecule has 2 nitrogen and oxygen atoms in total. The molecule has 1 aliphatic rings. The highest BCUT2D eigenvalue weighted by Crippen LogP contribution is 2.27. The van der Waals surface area contributed by atoms with Crippen LogP contribution in [0.1, 0.15) is 71.6 Å². The Morgan fingerprint density at radius 1 is 0.824 bits per heavy atom. The highest BCUT2D eigenvalue weighted by molar-refractivity contribution is 4.84. The number of epoxide rings is 1. The van der Waals surface area contributed by atoms with Crippen molar-refractivity contribution in [3.05, 3.63) is 0 Å². The summed E-state index contributed by atoms with van der Waals surface area (Å²) in [5, 5.41) is 0. The van der Waals surface area contributed by atoms with Gasteiger partial charge in [0.25, 0.3) is 0 Å². The summed E-state index contributed by atoms with van der Waals surface area (Å²) >= 11 is 0. The number of hydrogen-bond donors (Lipinski definition) is 0. The SMILES string of the molecule is CCCCCCCCCC1OC1COCCC. The Morgan fingerprint density at radius 3 is 2.24 bits per heavy atom. The first kappa shape index (κ1) is 15.0. The molecule has 0 amide bonds. The predicted octanol–water partition coefficient (Wildman–Crippen LogP) is 4.32. The van der Waals surface area contributed by atoms with Crippen LogP contribution in [0.25, 0.3) is 0 Å². The molecular formula is C15H30O2. The van der Waals surface area contributed by atoms with Crippen molar-refractivity contribution in [2.24, 2.45) is 0 Å². The molecule has 1 heterocycles. The van der Waals surface area contributed by atoms with Gasteiger partial charge in [0.15, 0.2) is 0 Å². The fraction of sp³-hybridized carbons (Fsp3) is 1.00. The van der Waals surface area contributed by atoms with E-state index >= 15 is 0 Å². The Bertz CT molecular complexity index is 170. The fourth-order valence-electron chi connectivity index (χ4n) is 2.23. The van der Waals surface area contributed by atoms with E-state index in [4.69, 9.17) is 9.47 Å². The van der Waals surface area contributed by atoms with Crippen molar-refractivity contribution in [2.45, 2.75) is 83.8 Å². The van der Waals surface area contributed by atoms with Crippen molar-refractivity contribution >= 4 is 0 Å². The second-order valence-corrected chi connectivity index (χ2v) is 5.20. The van der Waals surface area contributed by atoms with E-state index in [1.165, 1.54) is 51.4 Å². The van der Waals surface area contributed by atoms with Crippen molar-refractivity contribution in [2.75, 3.05) is 13.2 Å². The first-order valence-corrected chi connectivity index (χ1v) is 7.61. The summed E-state index contributed by atoms with van der Waals surface area (Å²) in [6.45, 7) is 6.11. The molecule has 0 aromatic carbocycles. The molecule has 0 spiro atoms. The zero-order valence-electron chi connectivity index (χ0n) is 11.7. The number of hydrogen-bond acceptors (Lipinski definition) is 2. The van der Waals surface area contributed by atoms with E-state index in [0.29, 0.717) is 12.2 Å². The molecule has 2 heteroatoms. The van der Waals surface area contributed by atoms with Crippen LogP contribution in [0.4, 0.5) is 0 Å². The minimum Gasteiger partial charge on any atom is -0.379 e. The lowest BCUT2D eigenvalue weighted by atomic mass is 10.1. The van der Waals surface area contributed by atoms with Crippen molar-refractivity contribution < 1.29 is 9.47 Å². The van der Waals surface area contributed by atoms with Gasteiger partial charge in [0.05, 0.1) is 12.7 Å². The molecule has 0 bridgehead atoms. The van der Waals surface area contributed by atoms with Crippen LogP contribution in [0.3, 0.4) is 0 Å². The van der Waals surface area contributed by atoms with Gasteiger partial charge >= 0.3 is 0 Å². The molecule has 0 saturated carbocycles. The molecule has 1 aliphatic heterocycles. The molecule has 2 atom stereocenters. The molecule has 0 aromatic rings. The lowest BCUT2D eigenvalue weighted by Crippen LogP contribution is -2.05. The summed E-state index contributed by atoms with van der Waals surface area (Å²) in [4.78, 5) is 0. The van der Waals surface area contributed by atoms with Crippen LogP contribution in [-0.4, -0.2) is 25.4 Å². The first-order chi connectivity index (χ1) is 8.38. The van der Waals surface area contributed by atoms with Crippen molar-refractivity contribution in [3.8, 4) is 0 Å². The van der Waals surface area contributed by atoms with Crippen LogP contribution in [-0.2, 0) is 9.47 Å². The van der Waals surface area contributed by atoms with E-state index in [9.17, 15) is 0 Å². The molecule has 0 aromatic heterocycles. The summed E-state index contributed by atoms with van der Waals surface area (Å²) in [6.07, 6.45) is 13.0. The maximum absolute atomic E-state index is 5.58. The third kappa shape index (κ3) is 7.77. The maximum atomic E-state index is 5.58. The minimum absolute atomic E-state index is 0.418. The fourth-order valence-corrected chi connectivity index (χ4v) is 2.23. The van der Waals surface area contributed by atoms with Gasteiger partial charge in [-0.15, -0.1) is 0 Å². The molecule has 2 unspecified atom stereocenters. The second kappa shape index (κ2) is 9.90. The van der Waals surface area contributed by atoms with Gasteiger partial charge in [-0.05, 0) is 12.8 Å². The van der Waals surface area contributed by atoms with Crippen LogP contribution in [0.2, 0.25) is 0 Å². The predicted molar refractivity (Wildman–Crippen MR) is 72.4 cm³/mol. The molecule has 1 fully saturated rings. The highest BCUT2D eigenvalue weighted by atomic mass is 16.6. The zero-order chi connectivity index (χ0) is 12.3. The number of rotatable bonds is 12. The van der Waals surface area contributed by atoms with Crippen LogP contribution in [0, 0.1) is 0 Å². The summed E-state index contributed by atoms with van der Waals surface area (Å²) in [7, 11) is 0. The van der Waals surface area contributed by atoms with Gasteiger partial charge in [-0.2, -0.15) is 0 Å². The van der Waals surface area contributed by atoms with Crippen molar-refractivity contribution in [1.82, 2.24) is 0 Å². The Hall–Kier alpha value is -0.0800. The lowest BCUT2D eigenvalue weighted by Gasteiger charge is -2.00. The normalized spacial score (nSPS) is 22.9. The third-order valence-corrected chi connectivity index (χ3v) is 3.41. The largest absolute Gasteiger partial charge is 0.379 e. The summed E-state index contributed by atoms with van der Waals surface area (Å²) in [5.74, 6) is 0. The van der Waals surface area contributed by atoms with Gasteiger partial charge in [0.2, 0.25) is 0 Å². The van der Waals surface area contributed by atoms with E-state index in [0.717, 1.165) is 19.6 Å². The van der Waals surface area contributed by atoms with Gasteiger partial charge in [-0.1, -0.05) is 58.8 Å². The quantitative estimate of drug-likeness (QED) is 0.375. The monoisotopic (exact) mass is 242 g/mol. The van der Waals surface area contributed by atoms with Crippen LogP contribution < -0.4 is 0 Å². The Labute approximate surface area is 107 Å². The molecule has 1 rings (SSSR count). The Kier molecular flexibility index (Phi) is 8.72. The molecule has 102 valence electrons. The number of unbranched alkanes of at least 4 members (excludes halogenated alkanes) is 6. The van der Waals surface area contributed by atoms with Gasteiger partial charge in [0, 0.05) is 6.61 Å². The van der Waals surface area contributed by atoms with E-state index in [1.54, 1.807) is 0 Å². The summed E-state index contributed by atoms with van der Waals surface area (Å²) < 4.78 is 11.1. The topological polar surface area (TPSA) is 21.8 Å². The molecule has 0 N–H and O–H groups in total. The molecule has 0 radical (unpaired) electrons. The molecule has 17 heavy (non-hydrogen) atoms. The van der Waals surface area contributed by atoms with Crippen molar-refractivity contribution in [1.29, 1.82) is 0 Å². The minimum atomic E-state index is 0.418. The van der Waals surface area contributed by atoms with Gasteiger partial charge in [-0.25, -0.2) is 0 Å². The van der Waals surface area contributed by atoms with Gasteiger partial charge in [0.1, 0.15) is 6.10 Å². The van der Waals surface area contributed by atoms with Crippen LogP contribution >= 0.6 is 0 Å². The summed E-state index contributed by atoms with van der Waals surface area (Å²) in [5.41, 5.74) is 0. The number of ether oxygens (including phenoxy) is 2. The van der Waals surface area contributed by atoms with Gasteiger partial charge in [-0.3, -0.25) is 0 Å². The molecule has 1 saturated heterocycles. The van der Waals surface area contributed by atoms with E-state index in [1.807, 2.05) is 0 Å². The van der Waals surface area contributed by atoms with Gasteiger partial charge < -0.3 is 9.47 Å². The average Bonchev–Trinajstić information content (AvgIpc) is 3.07. The van der Waals surface area contributed by atoms with E-state index in [-0.39, 0.29) is 0 Å². The molecule has 0 aliphatic carbocycles. The summed E-state index contributed by atoms with van der Waals surface area (Å²) in [6, 6.07) is 0. The van der Waals surface area contributed by atoms with Crippen LogP contribution in [0.5, 0.6) is 0 Å². The molecular weight excluding hydrogens is 212 g/mol. The Balaban J connectivity index is 1.76. The first-order valence-electron chi connectivity index (χ1n) is 7.61. The lowest BCUT2D eigenvalue weighted by molar-refractivity contribution is 0.117. The van der Waals surface area contributed by atoms with E-state index in [2.05, 4.69) is 13.8 Å². The zero-order valence-corrected chi connectivity index (χ0v) is 11.7. The standard InChI is InChI=1S/C15H30O2/c1-3-5-6-7-8-9-10-11-14-15(17-14)13-16-12-4-2/h14-15H,3-13H2,1-2H3. The van der Waals surface area contributed by atoms with Crippen molar-refractivity contribution in [3.63, 3.8) is 0 Å². The smallest absolute Gasteiger partial charge is 0.107 e. The average molecular weight is 242 g/mol. The van der Waals surface area contributed by atoms with E-state index < -0.39 is 0 Å². The van der Waals surface area contributed by atoms with Crippen LogP contribution in [0.15, 0.2) is 0 Å². The second-order valence-electron chi connectivity index (χ2n) is 5.20. The third-order valence-electron chi connectivity index (χ3n) is 3.41.